The average Bonchev–Trinajstić information content (AvgIpc) is 3.46. The molecule has 3 heterocycles. The zero-order valence-corrected chi connectivity index (χ0v) is 22.9. The van der Waals surface area contributed by atoms with Gasteiger partial charge < -0.3 is 4.42 Å². The quantitative estimate of drug-likeness (QED) is 0.205. The summed E-state index contributed by atoms with van der Waals surface area (Å²) >= 11 is 0. The van der Waals surface area contributed by atoms with Gasteiger partial charge in [0.15, 0.2) is 11.6 Å². The Bertz CT molecular complexity index is 2520. The third-order valence-corrected chi connectivity index (χ3v) is 8.17. The van der Waals surface area contributed by atoms with Crippen LogP contribution in [0.4, 0.5) is 0 Å². The van der Waals surface area contributed by atoms with Crippen molar-refractivity contribution in [2.75, 3.05) is 0 Å². The molecule has 0 amide bonds. The van der Waals surface area contributed by atoms with E-state index >= 15 is 0 Å². The molecule has 0 radical (unpaired) electrons. The number of hydrogen-bond donors (Lipinski definition) is 0. The van der Waals surface area contributed by atoms with Crippen molar-refractivity contribution in [3.8, 4) is 33.9 Å². The smallest absolute Gasteiger partial charge is 0.159 e. The van der Waals surface area contributed by atoms with E-state index in [1.807, 2.05) is 73.1 Å². The summed E-state index contributed by atoms with van der Waals surface area (Å²) in [5.41, 5.74) is 7.44. The second kappa shape index (κ2) is 9.29. The zero-order chi connectivity index (χ0) is 28.3. The maximum Gasteiger partial charge on any atom is 0.159 e. The number of furan rings is 1. The third-order valence-electron chi connectivity index (χ3n) is 8.17. The number of hydrogen-bond acceptors (Lipinski definition) is 5. The fraction of sp³-hybridized carbons (Fsp3) is 0. The summed E-state index contributed by atoms with van der Waals surface area (Å²) in [6, 6.07) is 41.2. The molecular weight excluding hydrogens is 528 g/mol. The second-order valence-corrected chi connectivity index (χ2v) is 10.7. The van der Waals surface area contributed by atoms with Gasteiger partial charge in [0.05, 0.1) is 0 Å². The van der Waals surface area contributed by atoms with Crippen LogP contribution in [-0.2, 0) is 0 Å². The standard InChI is InChI=1S/C38H22N4O/c1-2-9-23(10-3-1)37-39-21-31-27-13-4-5-14-28(27)32-22-40-38(42-36(32)35(31)41-37)26-12-8-11-24(19-26)25-17-18-30-29-15-6-7-16-33(29)43-34(30)20-25/h1-22H. The van der Waals surface area contributed by atoms with Crippen LogP contribution in [0.3, 0.4) is 0 Å². The molecule has 5 nitrogen and oxygen atoms in total. The van der Waals surface area contributed by atoms with Crippen molar-refractivity contribution in [3.63, 3.8) is 0 Å². The minimum Gasteiger partial charge on any atom is -0.456 e. The lowest BCUT2D eigenvalue weighted by Gasteiger charge is -2.11. The van der Waals surface area contributed by atoms with E-state index in [1.54, 1.807) is 0 Å². The van der Waals surface area contributed by atoms with Gasteiger partial charge >= 0.3 is 0 Å². The second-order valence-electron chi connectivity index (χ2n) is 10.7. The lowest BCUT2D eigenvalue weighted by molar-refractivity contribution is 0.669. The lowest BCUT2D eigenvalue weighted by atomic mass is 10.00. The van der Waals surface area contributed by atoms with Gasteiger partial charge in [-0.1, -0.05) is 97.1 Å². The monoisotopic (exact) mass is 550 g/mol. The largest absolute Gasteiger partial charge is 0.456 e. The van der Waals surface area contributed by atoms with E-state index < -0.39 is 0 Å². The van der Waals surface area contributed by atoms with Gasteiger partial charge in [-0.15, -0.1) is 0 Å². The van der Waals surface area contributed by atoms with Crippen LogP contribution in [0.15, 0.2) is 138 Å². The molecule has 0 atom stereocenters. The molecule has 0 N–H and O–H groups in total. The first-order valence-corrected chi connectivity index (χ1v) is 14.2. The van der Waals surface area contributed by atoms with Crippen molar-refractivity contribution in [2.45, 2.75) is 0 Å². The Balaban J connectivity index is 1.22. The van der Waals surface area contributed by atoms with Crippen molar-refractivity contribution >= 4 is 54.5 Å². The van der Waals surface area contributed by atoms with Gasteiger partial charge in [-0.05, 0) is 46.2 Å². The first-order chi connectivity index (χ1) is 21.3. The number of benzene rings is 6. The molecular formula is C38H22N4O. The third kappa shape index (κ3) is 3.79. The molecule has 9 rings (SSSR count). The molecule has 5 heteroatoms. The van der Waals surface area contributed by atoms with Crippen molar-refractivity contribution in [1.29, 1.82) is 0 Å². The Hall–Kier alpha value is -5.94. The first-order valence-electron chi connectivity index (χ1n) is 14.2. The average molecular weight is 551 g/mol. The highest BCUT2D eigenvalue weighted by molar-refractivity contribution is 6.23. The van der Waals surface area contributed by atoms with Crippen LogP contribution in [-0.4, -0.2) is 19.9 Å². The number of fused-ring (bicyclic) bond motifs is 9. The highest BCUT2D eigenvalue weighted by Gasteiger charge is 2.15. The first kappa shape index (κ1) is 23.7. The molecule has 3 aromatic heterocycles. The molecule has 0 spiro atoms. The summed E-state index contributed by atoms with van der Waals surface area (Å²) in [6.07, 6.45) is 3.85. The van der Waals surface area contributed by atoms with E-state index in [9.17, 15) is 0 Å². The van der Waals surface area contributed by atoms with Crippen LogP contribution in [0.2, 0.25) is 0 Å². The number of rotatable bonds is 3. The summed E-state index contributed by atoms with van der Waals surface area (Å²) in [5, 5.41) is 6.35. The molecule has 200 valence electrons. The molecule has 0 aliphatic heterocycles. The Morgan fingerprint density at radius 2 is 0.930 bits per heavy atom. The van der Waals surface area contributed by atoms with Gasteiger partial charge in [-0.25, -0.2) is 19.9 Å². The molecule has 0 unspecified atom stereocenters. The summed E-state index contributed by atoms with van der Waals surface area (Å²) in [4.78, 5) is 19.8. The van der Waals surface area contributed by atoms with E-state index in [0.717, 1.165) is 76.8 Å². The summed E-state index contributed by atoms with van der Waals surface area (Å²) in [7, 11) is 0. The topological polar surface area (TPSA) is 64.7 Å². The molecule has 6 aromatic carbocycles. The van der Waals surface area contributed by atoms with E-state index in [4.69, 9.17) is 24.4 Å². The number of aromatic nitrogens is 4. The van der Waals surface area contributed by atoms with Crippen molar-refractivity contribution < 1.29 is 4.42 Å². The van der Waals surface area contributed by atoms with Gasteiger partial charge in [0, 0.05) is 45.1 Å². The minimum atomic E-state index is 0.649. The fourth-order valence-corrected chi connectivity index (χ4v) is 6.08. The molecule has 0 saturated carbocycles. The Kier molecular flexibility index (Phi) is 5.13. The van der Waals surface area contributed by atoms with Gasteiger partial charge in [0.25, 0.3) is 0 Å². The van der Waals surface area contributed by atoms with Crippen LogP contribution in [0.1, 0.15) is 0 Å². The highest BCUT2D eigenvalue weighted by atomic mass is 16.3. The molecule has 0 fully saturated rings. The molecule has 9 aromatic rings. The van der Waals surface area contributed by atoms with Gasteiger partial charge in [0.2, 0.25) is 0 Å². The van der Waals surface area contributed by atoms with Crippen LogP contribution >= 0.6 is 0 Å². The highest BCUT2D eigenvalue weighted by Crippen LogP contribution is 2.36. The van der Waals surface area contributed by atoms with Crippen molar-refractivity contribution in [2.24, 2.45) is 0 Å². The normalized spacial score (nSPS) is 11.7. The van der Waals surface area contributed by atoms with Crippen LogP contribution in [0, 0.1) is 0 Å². The molecule has 0 bridgehead atoms. The van der Waals surface area contributed by atoms with E-state index in [0.29, 0.717) is 11.6 Å². The minimum absolute atomic E-state index is 0.649. The van der Waals surface area contributed by atoms with Gasteiger partial charge in [-0.3, -0.25) is 0 Å². The summed E-state index contributed by atoms with van der Waals surface area (Å²) in [6.45, 7) is 0. The van der Waals surface area contributed by atoms with Gasteiger partial charge in [0.1, 0.15) is 22.2 Å². The van der Waals surface area contributed by atoms with E-state index in [2.05, 4.69) is 60.7 Å². The molecule has 0 aliphatic carbocycles. The maximum atomic E-state index is 6.16. The van der Waals surface area contributed by atoms with Gasteiger partial charge in [-0.2, -0.15) is 0 Å². The predicted octanol–water partition coefficient (Wildman–Crippen LogP) is 9.63. The van der Waals surface area contributed by atoms with Crippen LogP contribution < -0.4 is 0 Å². The number of nitrogens with zero attached hydrogens (tertiary/aromatic N) is 4. The molecule has 0 saturated heterocycles. The SMILES string of the molecule is c1ccc(-c2ncc3c4ccccc4c4cnc(-c5cccc(-c6ccc7c(c6)oc6ccccc67)c5)nc4c3n2)cc1. The Labute approximate surface area is 246 Å². The Morgan fingerprint density at radius 1 is 0.372 bits per heavy atom. The fourth-order valence-electron chi connectivity index (χ4n) is 6.08. The Morgan fingerprint density at radius 3 is 1.67 bits per heavy atom. The molecule has 0 aliphatic rings. The summed E-state index contributed by atoms with van der Waals surface area (Å²) < 4.78 is 6.16. The predicted molar refractivity (Wildman–Crippen MR) is 174 cm³/mol. The number of para-hydroxylation sites is 1. The zero-order valence-electron chi connectivity index (χ0n) is 22.9. The van der Waals surface area contributed by atoms with E-state index in [-0.39, 0.29) is 0 Å². The summed E-state index contributed by atoms with van der Waals surface area (Å²) in [5.74, 6) is 1.32. The van der Waals surface area contributed by atoms with Crippen molar-refractivity contribution in [3.05, 3.63) is 134 Å². The van der Waals surface area contributed by atoms with Crippen molar-refractivity contribution in [1.82, 2.24) is 19.9 Å². The maximum absolute atomic E-state index is 6.16. The lowest BCUT2D eigenvalue weighted by Crippen LogP contribution is -1.96. The van der Waals surface area contributed by atoms with E-state index in [1.165, 1.54) is 0 Å². The van der Waals surface area contributed by atoms with Crippen LogP contribution in [0.25, 0.3) is 88.4 Å². The molecule has 43 heavy (non-hydrogen) atoms. The van der Waals surface area contributed by atoms with Crippen LogP contribution in [0.5, 0.6) is 0 Å².